The average molecular weight is 377 g/mol. The zero-order valence-corrected chi connectivity index (χ0v) is 15.6. The van der Waals surface area contributed by atoms with Crippen LogP contribution in [0.15, 0.2) is 47.1 Å². The van der Waals surface area contributed by atoms with Crippen LogP contribution in [-0.4, -0.2) is 43.4 Å². The topological polar surface area (TPSA) is 76.8 Å². The van der Waals surface area contributed by atoms with Gasteiger partial charge in [-0.15, -0.1) is 0 Å². The molecule has 2 heterocycles. The minimum absolute atomic E-state index is 0.00846. The van der Waals surface area contributed by atoms with Crippen LogP contribution in [0.3, 0.4) is 0 Å². The Morgan fingerprint density at radius 1 is 1.31 bits per heavy atom. The first-order valence-electron chi connectivity index (χ1n) is 8.75. The summed E-state index contributed by atoms with van der Waals surface area (Å²) in [5, 5.41) is 0. The van der Waals surface area contributed by atoms with E-state index in [4.69, 9.17) is 9.15 Å². The maximum absolute atomic E-state index is 13.1. The van der Waals surface area contributed by atoms with E-state index in [2.05, 4.69) is 0 Å². The summed E-state index contributed by atoms with van der Waals surface area (Å²) in [5.74, 6) is 1.14. The van der Waals surface area contributed by atoms with E-state index in [1.54, 1.807) is 41.5 Å². The SMILES string of the molecule is CCCOc1cccc(C(=O)N(Cc2ccco2)[C@H]2CCS(=O)(=O)C2)c1. The van der Waals surface area contributed by atoms with Crippen molar-refractivity contribution in [1.29, 1.82) is 0 Å². The number of amides is 1. The number of rotatable bonds is 7. The molecule has 0 bridgehead atoms. The van der Waals surface area contributed by atoms with Gasteiger partial charge in [0.15, 0.2) is 9.84 Å². The molecule has 1 fully saturated rings. The molecule has 7 heteroatoms. The molecule has 1 aliphatic rings. The molecule has 0 aliphatic carbocycles. The number of sulfone groups is 1. The number of carbonyl (C=O) groups is 1. The second-order valence-electron chi connectivity index (χ2n) is 6.45. The largest absolute Gasteiger partial charge is 0.494 e. The zero-order chi connectivity index (χ0) is 18.6. The number of benzene rings is 1. The number of hydrogen-bond donors (Lipinski definition) is 0. The summed E-state index contributed by atoms with van der Waals surface area (Å²) < 4.78 is 34.8. The van der Waals surface area contributed by atoms with E-state index in [1.165, 1.54) is 0 Å². The maximum atomic E-state index is 13.1. The Morgan fingerprint density at radius 2 is 2.15 bits per heavy atom. The first kappa shape index (κ1) is 18.5. The van der Waals surface area contributed by atoms with Crippen molar-refractivity contribution in [2.75, 3.05) is 18.1 Å². The van der Waals surface area contributed by atoms with E-state index >= 15 is 0 Å². The number of nitrogens with zero attached hydrogens (tertiary/aromatic N) is 1. The Labute approximate surface area is 153 Å². The Balaban J connectivity index is 1.84. The van der Waals surface area contributed by atoms with Crippen LogP contribution in [-0.2, 0) is 16.4 Å². The third kappa shape index (κ3) is 4.46. The van der Waals surface area contributed by atoms with Gasteiger partial charge in [-0.25, -0.2) is 8.42 Å². The Morgan fingerprint density at radius 3 is 2.81 bits per heavy atom. The standard InChI is InChI=1S/C19H23NO5S/c1-2-9-24-17-6-3-5-15(12-17)19(21)20(13-18-7-4-10-25-18)16-8-11-26(22,23)14-16/h3-7,10,12,16H,2,8-9,11,13-14H2,1H3/t16-/m0/s1. The van der Waals surface area contributed by atoms with Gasteiger partial charge in [0.25, 0.3) is 5.91 Å². The maximum Gasteiger partial charge on any atom is 0.254 e. The van der Waals surface area contributed by atoms with Gasteiger partial charge >= 0.3 is 0 Å². The summed E-state index contributed by atoms with van der Waals surface area (Å²) in [6, 6.07) is 10.2. The number of carbonyl (C=O) groups excluding carboxylic acids is 1. The summed E-state index contributed by atoms with van der Waals surface area (Å²) in [4.78, 5) is 14.7. The zero-order valence-electron chi connectivity index (χ0n) is 14.8. The molecule has 140 valence electrons. The molecule has 1 aromatic heterocycles. The van der Waals surface area contributed by atoms with Gasteiger partial charge in [0.1, 0.15) is 11.5 Å². The highest BCUT2D eigenvalue weighted by Crippen LogP contribution is 2.24. The molecule has 1 amide bonds. The molecule has 1 saturated heterocycles. The molecule has 1 aliphatic heterocycles. The molecular weight excluding hydrogens is 354 g/mol. The van der Waals surface area contributed by atoms with Gasteiger partial charge in [-0.1, -0.05) is 13.0 Å². The van der Waals surface area contributed by atoms with Crippen molar-refractivity contribution in [2.24, 2.45) is 0 Å². The summed E-state index contributed by atoms with van der Waals surface area (Å²) in [6.07, 6.45) is 2.87. The monoisotopic (exact) mass is 377 g/mol. The highest BCUT2D eigenvalue weighted by molar-refractivity contribution is 7.91. The van der Waals surface area contributed by atoms with E-state index in [9.17, 15) is 13.2 Å². The Kier molecular flexibility index (Phi) is 5.66. The van der Waals surface area contributed by atoms with Gasteiger partial charge in [-0.05, 0) is 43.2 Å². The van der Waals surface area contributed by atoms with Crippen LogP contribution in [0.2, 0.25) is 0 Å². The third-order valence-corrected chi connectivity index (χ3v) is 6.12. The average Bonchev–Trinajstić information content (AvgIpc) is 3.26. The van der Waals surface area contributed by atoms with Gasteiger partial charge in [-0.2, -0.15) is 0 Å². The molecule has 0 saturated carbocycles. The summed E-state index contributed by atoms with van der Waals surface area (Å²) in [7, 11) is -3.10. The fourth-order valence-corrected chi connectivity index (χ4v) is 4.79. The first-order valence-corrected chi connectivity index (χ1v) is 10.6. The lowest BCUT2D eigenvalue weighted by Gasteiger charge is -2.27. The molecule has 0 spiro atoms. The van der Waals surface area contributed by atoms with Crippen molar-refractivity contribution in [1.82, 2.24) is 4.90 Å². The van der Waals surface area contributed by atoms with Gasteiger partial charge in [0, 0.05) is 11.6 Å². The molecule has 26 heavy (non-hydrogen) atoms. The minimum Gasteiger partial charge on any atom is -0.494 e. The molecule has 0 N–H and O–H groups in total. The van der Waals surface area contributed by atoms with Crippen molar-refractivity contribution in [3.05, 3.63) is 54.0 Å². The lowest BCUT2D eigenvalue weighted by Crippen LogP contribution is -2.40. The van der Waals surface area contributed by atoms with Crippen molar-refractivity contribution in [3.8, 4) is 5.75 Å². The number of furan rings is 1. The predicted octanol–water partition coefficient (Wildman–Crippen LogP) is 2.90. The van der Waals surface area contributed by atoms with Gasteiger partial charge in [0.05, 0.1) is 30.9 Å². The Hall–Kier alpha value is -2.28. The van der Waals surface area contributed by atoms with Crippen LogP contribution in [0.4, 0.5) is 0 Å². The molecular formula is C19H23NO5S. The highest BCUT2D eigenvalue weighted by Gasteiger charge is 2.35. The fourth-order valence-electron chi connectivity index (χ4n) is 3.06. The van der Waals surface area contributed by atoms with E-state index in [0.29, 0.717) is 30.1 Å². The molecule has 6 nitrogen and oxygen atoms in total. The number of hydrogen-bond acceptors (Lipinski definition) is 5. The summed E-state index contributed by atoms with van der Waals surface area (Å²) in [6.45, 7) is 2.83. The third-order valence-electron chi connectivity index (χ3n) is 4.37. The first-order chi connectivity index (χ1) is 12.5. The van der Waals surface area contributed by atoms with E-state index in [1.807, 2.05) is 13.0 Å². The van der Waals surface area contributed by atoms with E-state index < -0.39 is 9.84 Å². The lowest BCUT2D eigenvalue weighted by molar-refractivity contribution is 0.0665. The molecule has 2 aromatic rings. The molecule has 0 radical (unpaired) electrons. The lowest BCUT2D eigenvalue weighted by atomic mass is 10.1. The molecule has 3 rings (SSSR count). The van der Waals surface area contributed by atoms with Gasteiger partial charge in [0.2, 0.25) is 0 Å². The van der Waals surface area contributed by atoms with Crippen LogP contribution >= 0.6 is 0 Å². The van der Waals surface area contributed by atoms with Crippen molar-refractivity contribution >= 4 is 15.7 Å². The smallest absolute Gasteiger partial charge is 0.254 e. The van der Waals surface area contributed by atoms with Crippen LogP contribution in [0.5, 0.6) is 5.75 Å². The van der Waals surface area contributed by atoms with Gasteiger partial charge in [-0.3, -0.25) is 4.79 Å². The van der Waals surface area contributed by atoms with Crippen LogP contribution in [0, 0.1) is 0 Å². The quantitative estimate of drug-likeness (QED) is 0.741. The second kappa shape index (κ2) is 7.95. The van der Waals surface area contributed by atoms with Crippen LogP contribution in [0.25, 0.3) is 0 Å². The molecule has 1 aromatic carbocycles. The Bertz CT molecular complexity index is 845. The van der Waals surface area contributed by atoms with Gasteiger partial charge < -0.3 is 14.1 Å². The van der Waals surface area contributed by atoms with E-state index in [0.717, 1.165) is 6.42 Å². The number of ether oxygens (including phenoxy) is 1. The van der Waals surface area contributed by atoms with Crippen LogP contribution in [0.1, 0.15) is 35.9 Å². The van der Waals surface area contributed by atoms with Crippen molar-refractivity contribution in [3.63, 3.8) is 0 Å². The highest BCUT2D eigenvalue weighted by atomic mass is 32.2. The molecule has 1 atom stereocenters. The van der Waals surface area contributed by atoms with Crippen molar-refractivity contribution < 1.29 is 22.4 Å². The predicted molar refractivity (Wildman–Crippen MR) is 97.9 cm³/mol. The molecule has 0 unspecified atom stereocenters. The fraction of sp³-hybridized carbons (Fsp3) is 0.421. The minimum atomic E-state index is -3.10. The van der Waals surface area contributed by atoms with Crippen molar-refractivity contribution in [2.45, 2.75) is 32.4 Å². The normalized spacial score (nSPS) is 18.6. The second-order valence-corrected chi connectivity index (χ2v) is 8.67. The van der Waals surface area contributed by atoms with E-state index in [-0.39, 0.29) is 30.0 Å². The summed E-state index contributed by atoms with van der Waals surface area (Å²) in [5.41, 5.74) is 0.481. The van der Waals surface area contributed by atoms with Crippen LogP contribution < -0.4 is 4.74 Å². The summed E-state index contributed by atoms with van der Waals surface area (Å²) >= 11 is 0.